The topological polar surface area (TPSA) is 54.4 Å². The summed E-state index contributed by atoms with van der Waals surface area (Å²) in [6.45, 7) is 1.74. The van der Waals surface area contributed by atoms with Crippen molar-refractivity contribution in [3.8, 4) is 0 Å². The number of aliphatic carboxylic acids is 1. The van der Waals surface area contributed by atoms with Crippen molar-refractivity contribution in [3.63, 3.8) is 0 Å². The Morgan fingerprint density at radius 3 is 2.56 bits per heavy atom. The Labute approximate surface area is 111 Å². The second kappa shape index (κ2) is 8.03. The molecule has 1 N–H and O–H groups in total. The molecule has 100 valence electrons. The van der Waals surface area contributed by atoms with Crippen molar-refractivity contribution in [2.75, 3.05) is 5.75 Å². The average Bonchev–Trinajstić information content (AvgIpc) is 2.34. The third-order valence-corrected chi connectivity index (χ3v) is 4.57. The van der Waals surface area contributed by atoms with Gasteiger partial charge in [0.2, 0.25) is 0 Å². The molecular formula is C14H20O3S. The van der Waals surface area contributed by atoms with Crippen molar-refractivity contribution in [1.82, 2.24) is 0 Å². The summed E-state index contributed by atoms with van der Waals surface area (Å²) in [5.74, 6) is -0.276. The van der Waals surface area contributed by atoms with Crippen molar-refractivity contribution >= 4 is 16.8 Å². The Morgan fingerprint density at radius 2 is 1.94 bits per heavy atom. The molecule has 0 bridgehead atoms. The number of carbonyl (C=O) groups is 1. The van der Waals surface area contributed by atoms with Gasteiger partial charge in [-0.25, -0.2) is 0 Å². The molecule has 0 amide bonds. The molecule has 1 aromatic carbocycles. The molecule has 18 heavy (non-hydrogen) atoms. The highest BCUT2D eigenvalue weighted by Gasteiger charge is 2.14. The first-order valence-corrected chi connectivity index (χ1v) is 7.60. The van der Waals surface area contributed by atoms with E-state index in [1.54, 1.807) is 6.92 Å². The molecule has 3 nitrogen and oxygen atoms in total. The van der Waals surface area contributed by atoms with Crippen LogP contribution in [-0.2, 0) is 22.0 Å². The zero-order valence-electron chi connectivity index (χ0n) is 10.7. The van der Waals surface area contributed by atoms with Crippen molar-refractivity contribution in [2.24, 2.45) is 0 Å². The number of carboxylic acid groups (broad SMARTS) is 1. The summed E-state index contributed by atoms with van der Waals surface area (Å²) in [6, 6.07) is 10.2. The van der Waals surface area contributed by atoms with Gasteiger partial charge in [0.25, 0.3) is 0 Å². The smallest absolute Gasteiger partial charge is 0.304 e. The van der Waals surface area contributed by atoms with Crippen LogP contribution in [0.1, 0.15) is 31.7 Å². The van der Waals surface area contributed by atoms with Crippen LogP contribution in [0.4, 0.5) is 0 Å². The third kappa shape index (κ3) is 5.96. The van der Waals surface area contributed by atoms with E-state index in [-0.39, 0.29) is 11.7 Å². The molecular weight excluding hydrogens is 248 g/mol. The quantitative estimate of drug-likeness (QED) is 0.737. The van der Waals surface area contributed by atoms with Crippen LogP contribution in [0.25, 0.3) is 0 Å². The van der Waals surface area contributed by atoms with Crippen LogP contribution >= 0.6 is 0 Å². The average molecular weight is 268 g/mol. The van der Waals surface area contributed by atoms with E-state index in [2.05, 4.69) is 12.1 Å². The zero-order valence-corrected chi connectivity index (χ0v) is 11.5. The molecule has 0 aliphatic heterocycles. The lowest BCUT2D eigenvalue weighted by atomic mass is 10.1. The molecule has 0 spiro atoms. The van der Waals surface area contributed by atoms with Gasteiger partial charge in [-0.15, -0.1) is 0 Å². The molecule has 1 aromatic rings. The van der Waals surface area contributed by atoms with E-state index in [0.717, 1.165) is 19.3 Å². The summed E-state index contributed by atoms with van der Waals surface area (Å²) in [7, 11) is -1.02. The molecule has 1 rings (SSSR count). The van der Waals surface area contributed by atoms with Gasteiger partial charge in [0.1, 0.15) is 0 Å². The number of hydrogen-bond acceptors (Lipinski definition) is 2. The summed E-state index contributed by atoms with van der Waals surface area (Å²) >= 11 is 0. The molecule has 0 fully saturated rings. The molecule has 4 heteroatoms. The number of benzene rings is 1. The summed E-state index contributed by atoms with van der Waals surface area (Å²) in [5.41, 5.74) is 1.29. The van der Waals surface area contributed by atoms with Gasteiger partial charge in [-0.1, -0.05) is 37.3 Å². The van der Waals surface area contributed by atoms with Gasteiger partial charge in [-0.3, -0.25) is 9.00 Å². The highest BCUT2D eigenvalue weighted by Crippen LogP contribution is 2.08. The van der Waals surface area contributed by atoms with E-state index in [9.17, 15) is 9.00 Å². The van der Waals surface area contributed by atoms with Gasteiger partial charge >= 0.3 is 5.97 Å². The van der Waals surface area contributed by atoms with E-state index in [0.29, 0.717) is 5.75 Å². The van der Waals surface area contributed by atoms with E-state index >= 15 is 0 Å². The van der Waals surface area contributed by atoms with Gasteiger partial charge in [0, 0.05) is 21.8 Å². The zero-order chi connectivity index (χ0) is 13.4. The second-order valence-electron chi connectivity index (χ2n) is 4.44. The minimum atomic E-state index is -1.02. The largest absolute Gasteiger partial charge is 0.481 e. The highest BCUT2D eigenvalue weighted by molar-refractivity contribution is 7.85. The summed E-state index contributed by atoms with van der Waals surface area (Å²) < 4.78 is 11.7. The van der Waals surface area contributed by atoms with Crippen LogP contribution < -0.4 is 0 Å². The molecule has 0 aromatic heterocycles. The Bertz CT molecular complexity index is 389. The number of aryl methyl sites for hydroxylation is 1. The predicted molar refractivity (Wildman–Crippen MR) is 74.1 cm³/mol. The molecule has 0 heterocycles. The van der Waals surface area contributed by atoms with Crippen LogP contribution in [-0.4, -0.2) is 26.3 Å². The first-order valence-electron chi connectivity index (χ1n) is 6.22. The van der Waals surface area contributed by atoms with Crippen LogP contribution in [0.5, 0.6) is 0 Å². The summed E-state index contributed by atoms with van der Waals surface area (Å²) in [4.78, 5) is 10.5. The molecule has 0 saturated heterocycles. The first-order chi connectivity index (χ1) is 8.59. The third-order valence-electron chi connectivity index (χ3n) is 2.81. The standard InChI is InChI=1S/C14H20O3S/c1-12(11-14(15)16)18(17)10-6-5-9-13-7-3-2-4-8-13/h2-4,7-8,12H,5-6,9-11H2,1H3,(H,15,16). The molecule has 0 saturated carbocycles. The highest BCUT2D eigenvalue weighted by atomic mass is 32.2. The van der Waals surface area contributed by atoms with Crippen LogP contribution in [0.2, 0.25) is 0 Å². The van der Waals surface area contributed by atoms with Gasteiger partial charge < -0.3 is 5.11 Å². The number of carboxylic acids is 1. The Balaban J connectivity index is 2.18. The first kappa shape index (κ1) is 14.9. The number of hydrogen-bond donors (Lipinski definition) is 1. The van der Waals surface area contributed by atoms with Crippen molar-refractivity contribution in [1.29, 1.82) is 0 Å². The molecule has 0 radical (unpaired) electrons. The fourth-order valence-electron chi connectivity index (χ4n) is 1.76. The van der Waals surface area contributed by atoms with E-state index in [1.807, 2.05) is 18.2 Å². The Hall–Kier alpha value is -1.16. The van der Waals surface area contributed by atoms with Gasteiger partial charge in [0.15, 0.2) is 0 Å². The Morgan fingerprint density at radius 1 is 1.28 bits per heavy atom. The molecule has 2 unspecified atom stereocenters. The van der Waals surface area contributed by atoms with Gasteiger partial charge in [-0.2, -0.15) is 0 Å². The lowest BCUT2D eigenvalue weighted by Gasteiger charge is -2.08. The lowest BCUT2D eigenvalue weighted by molar-refractivity contribution is -0.136. The monoisotopic (exact) mass is 268 g/mol. The second-order valence-corrected chi connectivity index (χ2v) is 6.41. The van der Waals surface area contributed by atoms with Gasteiger partial charge in [0.05, 0.1) is 6.42 Å². The van der Waals surface area contributed by atoms with Crippen molar-refractivity contribution in [2.45, 2.75) is 37.9 Å². The van der Waals surface area contributed by atoms with E-state index in [4.69, 9.17) is 5.11 Å². The summed E-state index contributed by atoms with van der Waals surface area (Å²) in [6.07, 6.45) is 2.86. The minimum Gasteiger partial charge on any atom is -0.481 e. The van der Waals surface area contributed by atoms with Gasteiger partial charge in [-0.05, 0) is 24.8 Å². The molecule has 0 aliphatic carbocycles. The van der Waals surface area contributed by atoms with E-state index < -0.39 is 16.8 Å². The fraction of sp³-hybridized carbons (Fsp3) is 0.500. The van der Waals surface area contributed by atoms with E-state index in [1.165, 1.54) is 5.56 Å². The predicted octanol–water partition coefficient (Wildman–Crippen LogP) is 2.62. The SMILES string of the molecule is CC(CC(=O)O)S(=O)CCCCc1ccccc1. The van der Waals surface area contributed by atoms with Crippen LogP contribution in [0.3, 0.4) is 0 Å². The molecule has 2 atom stereocenters. The van der Waals surface area contributed by atoms with Crippen LogP contribution in [0, 0.1) is 0 Å². The Kier molecular flexibility index (Phi) is 6.65. The van der Waals surface area contributed by atoms with Crippen LogP contribution in [0.15, 0.2) is 30.3 Å². The number of rotatable bonds is 8. The van der Waals surface area contributed by atoms with Crippen molar-refractivity contribution in [3.05, 3.63) is 35.9 Å². The minimum absolute atomic E-state index is 0.00863. The molecule has 0 aliphatic rings. The fourth-order valence-corrected chi connectivity index (χ4v) is 2.98. The maximum atomic E-state index is 11.7. The maximum Gasteiger partial charge on any atom is 0.304 e. The van der Waals surface area contributed by atoms with Crippen molar-refractivity contribution < 1.29 is 14.1 Å². The summed E-state index contributed by atoms with van der Waals surface area (Å²) in [5, 5.41) is 8.37. The lowest BCUT2D eigenvalue weighted by Crippen LogP contribution is -2.18. The maximum absolute atomic E-state index is 11.7. The normalized spacial score (nSPS) is 14.1. The number of unbranched alkanes of at least 4 members (excludes halogenated alkanes) is 1.